The molecule has 0 saturated heterocycles. The Labute approximate surface area is 110 Å². The van der Waals surface area contributed by atoms with E-state index in [1.807, 2.05) is 0 Å². The molecule has 18 heavy (non-hydrogen) atoms. The van der Waals surface area contributed by atoms with Gasteiger partial charge in [0.05, 0.1) is 11.4 Å². The fourth-order valence-electron chi connectivity index (χ4n) is 2.15. The molecule has 0 saturated carbocycles. The number of aryl methyl sites for hydroxylation is 2. The minimum Gasteiger partial charge on any atom is -0.396 e. The zero-order valence-corrected chi connectivity index (χ0v) is 12.1. The van der Waals surface area contributed by atoms with Crippen molar-refractivity contribution < 1.29 is 5.11 Å². The maximum Gasteiger partial charge on any atom is 0.0625 e. The Kier molecular flexibility index (Phi) is 6.36. The third-order valence-corrected chi connectivity index (χ3v) is 3.37. The van der Waals surface area contributed by atoms with Gasteiger partial charge in [-0.15, -0.1) is 0 Å². The van der Waals surface area contributed by atoms with Crippen molar-refractivity contribution in [3.63, 3.8) is 0 Å². The summed E-state index contributed by atoms with van der Waals surface area (Å²) >= 11 is 0. The number of aliphatic hydroxyl groups is 1. The molecule has 1 aromatic rings. The van der Waals surface area contributed by atoms with Gasteiger partial charge in [0, 0.05) is 25.7 Å². The number of aromatic nitrogens is 2. The van der Waals surface area contributed by atoms with Gasteiger partial charge in [0.25, 0.3) is 0 Å². The molecule has 0 aliphatic rings. The van der Waals surface area contributed by atoms with Crippen LogP contribution in [0, 0.1) is 5.92 Å². The number of hydrogen-bond donors (Lipinski definition) is 2. The highest BCUT2D eigenvalue weighted by atomic mass is 16.3. The average molecular weight is 253 g/mol. The summed E-state index contributed by atoms with van der Waals surface area (Å²) in [5.74, 6) is 0.529. The van der Waals surface area contributed by atoms with Crippen molar-refractivity contribution in [2.75, 3.05) is 6.61 Å². The summed E-state index contributed by atoms with van der Waals surface area (Å²) in [6.45, 7) is 10.6. The van der Waals surface area contributed by atoms with E-state index >= 15 is 0 Å². The van der Waals surface area contributed by atoms with Gasteiger partial charge in [0.1, 0.15) is 0 Å². The number of aliphatic hydroxyl groups excluding tert-OH is 1. The van der Waals surface area contributed by atoms with Gasteiger partial charge in [-0.25, -0.2) is 0 Å². The second kappa shape index (κ2) is 7.54. The van der Waals surface area contributed by atoms with Gasteiger partial charge in [-0.3, -0.25) is 4.68 Å². The molecule has 0 fully saturated rings. The Hall–Kier alpha value is -0.870. The highest BCUT2D eigenvalue weighted by Gasteiger charge is 2.13. The molecule has 0 bridgehead atoms. The Bertz CT molecular complexity index is 347. The zero-order chi connectivity index (χ0) is 13.5. The van der Waals surface area contributed by atoms with Crippen LogP contribution in [0.1, 0.15) is 45.5 Å². The Morgan fingerprint density at radius 1 is 1.39 bits per heavy atom. The van der Waals surface area contributed by atoms with Gasteiger partial charge < -0.3 is 10.4 Å². The molecule has 4 nitrogen and oxygen atoms in total. The second-order valence-electron chi connectivity index (χ2n) is 5.04. The van der Waals surface area contributed by atoms with Crippen LogP contribution in [-0.2, 0) is 19.5 Å². The minimum atomic E-state index is 0.239. The number of hydrogen-bond acceptors (Lipinski definition) is 3. The molecule has 0 aliphatic heterocycles. The van der Waals surface area contributed by atoms with E-state index < -0.39 is 0 Å². The van der Waals surface area contributed by atoms with Crippen LogP contribution in [0.3, 0.4) is 0 Å². The largest absolute Gasteiger partial charge is 0.396 e. The topological polar surface area (TPSA) is 50.1 Å². The lowest BCUT2D eigenvalue weighted by Gasteiger charge is -2.21. The molecule has 0 radical (unpaired) electrons. The van der Waals surface area contributed by atoms with E-state index in [1.54, 1.807) is 0 Å². The standard InChI is InChI=1S/C14H27N3O/c1-5-12-9-13(17(6-2)16-12)10-15-14(7-8-18)11(3)4/h9,11,14-15,18H,5-8,10H2,1-4H3. The van der Waals surface area contributed by atoms with Gasteiger partial charge in [-0.1, -0.05) is 20.8 Å². The van der Waals surface area contributed by atoms with Crippen LogP contribution in [0.4, 0.5) is 0 Å². The summed E-state index contributed by atoms with van der Waals surface area (Å²) in [5.41, 5.74) is 2.38. The van der Waals surface area contributed by atoms with Crippen molar-refractivity contribution in [3.05, 3.63) is 17.5 Å². The SMILES string of the molecule is CCc1cc(CNC(CCO)C(C)C)n(CC)n1. The maximum atomic E-state index is 9.07. The number of nitrogens with one attached hydrogen (secondary N) is 1. The molecule has 104 valence electrons. The van der Waals surface area contributed by atoms with Crippen LogP contribution in [0.25, 0.3) is 0 Å². The molecular formula is C14H27N3O. The van der Waals surface area contributed by atoms with Crippen LogP contribution in [0.5, 0.6) is 0 Å². The van der Waals surface area contributed by atoms with Crippen LogP contribution in [0.2, 0.25) is 0 Å². The highest BCUT2D eigenvalue weighted by Crippen LogP contribution is 2.09. The first-order valence-electron chi connectivity index (χ1n) is 7.02. The first kappa shape index (κ1) is 15.2. The Balaban J connectivity index is 2.63. The number of nitrogens with zero attached hydrogens (tertiary/aromatic N) is 2. The normalized spacial score (nSPS) is 13.2. The van der Waals surface area contributed by atoms with Crippen molar-refractivity contribution in [2.45, 2.75) is 59.7 Å². The van der Waals surface area contributed by atoms with Gasteiger partial charge in [-0.05, 0) is 31.7 Å². The van der Waals surface area contributed by atoms with Gasteiger partial charge >= 0.3 is 0 Å². The molecule has 4 heteroatoms. The van der Waals surface area contributed by atoms with Crippen LogP contribution in [0.15, 0.2) is 6.07 Å². The summed E-state index contributed by atoms with van der Waals surface area (Å²) < 4.78 is 2.06. The van der Waals surface area contributed by atoms with Crippen molar-refractivity contribution in [1.29, 1.82) is 0 Å². The maximum absolute atomic E-state index is 9.07. The molecule has 2 N–H and O–H groups in total. The van der Waals surface area contributed by atoms with E-state index in [0.29, 0.717) is 12.0 Å². The molecule has 1 heterocycles. The Morgan fingerprint density at radius 3 is 2.61 bits per heavy atom. The van der Waals surface area contributed by atoms with Crippen LogP contribution < -0.4 is 5.32 Å². The van der Waals surface area contributed by atoms with E-state index in [0.717, 1.165) is 31.6 Å². The smallest absolute Gasteiger partial charge is 0.0625 e. The molecular weight excluding hydrogens is 226 g/mol. The average Bonchev–Trinajstić information content (AvgIpc) is 2.76. The van der Waals surface area contributed by atoms with E-state index in [-0.39, 0.29) is 6.61 Å². The molecule has 0 amide bonds. The van der Waals surface area contributed by atoms with Crippen molar-refractivity contribution in [2.24, 2.45) is 5.92 Å². The van der Waals surface area contributed by atoms with E-state index in [1.165, 1.54) is 5.69 Å². The molecule has 1 unspecified atom stereocenters. The Morgan fingerprint density at radius 2 is 2.11 bits per heavy atom. The van der Waals surface area contributed by atoms with Crippen molar-refractivity contribution in [1.82, 2.24) is 15.1 Å². The van der Waals surface area contributed by atoms with E-state index in [4.69, 9.17) is 5.11 Å². The lowest BCUT2D eigenvalue weighted by molar-refractivity contribution is 0.243. The lowest BCUT2D eigenvalue weighted by Crippen LogP contribution is -2.34. The fourth-order valence-corrected chi connectivity index (χ4v) is 2.15. The predicted octanol–water partition coefficient (Wildman–Crippen LogP) is 1.96. The van der Waals surface area contributed by atoms with Gasteiger partial charge in [0.15, 0.2) is 0 Å². The molecule has 1 rings (SSSR count). The van der Waals surface area contributed by atoms with E-state index in [2.05, 4.69) is 48.9 Å². The summed E-state index contributed by atoms with van der Waals surface area (Å²) in [5, 5.41) is 17.1. The van der Waals surface area contributed by atoms with Crippen molar-refractivity contribution in [3.8, 4) is 0 Å². The monoisotopic (exact) mass is 253 g/mol. The molecule has 0 aromatic carbocycles. The first-order valence-corrected chi connectivity index (χ1v) is 7.02. The zero-order valence-electron chi connectivity index (χ0n) is 12.1. The molecule has 1 atom stereocenters. The van der Waals surface area contributed by atoms with Gasteiger partial charge in [-0.2, -0.15) is 5.10 Å². The number of rotatable bonds is 8. The van der Waals surface area contributed by atoms with Crippen molar-refractivity contribution >= 4 is 0 Å². The summed E-state index contributed by atoms with van der Waals surface area (Å²) in [7, 11) is 0. The lowest BCUT2D eigenvalue weighted by atomic mass is 10.0. The molecule has 0 aliphatic carbocycles. The van der Waals surface area contributed by atoms with Crippen LogP contribution >= 0.6 is 0 Å². The molecule has 0 spiro atoms. The fraction of sp³-hybridized carbons (Fsp3) is 0.786. The summed E-state index contributed by atoms with van der Waals surface area (Å²) in [6.07, 6.45) is 1.78. The molecule has 1 aromatic heterocycles. The third kappa shape index (κ3) is 4.10. The minimum absolute atomic E-state index is 0.239. The quantitative estimate of drug-likeness (QED) is 0.744. The highest BCUT2D eigenvalue weighted by molar-refractivity contribution is 5.10. The van der Waals surface area contributed by atoms with Crippen LogP contribution in [-0.4, -0.2) is 27.5 Å². The van der Waals surface area contributed by atoms with E-state index in [9.17, 15) is 0 Å². The summed E-state index contributed by atoms with van der Waals surface area (Å²) in [4.78, 5) is 0. The van der Waals surface area contributed by atoms with Gasteiger partial charge in [0.2, 0.25) is 0 Å². The third-order valence-electron chi connectivity index (χ3n) is 3.37. The second-order valence-corrected chi connectivity index (χ2v) is 5.04. The predicted molar refractivity (Wildman–Crippen MR) is 74.4 cm³/mol. The summed E-state index contributed by atoms with van der Waals surface area (Å²) in [6, 6.07) is 2.53. The first-order chi connectivity index (χ1) is 8.62.